The van der Waals surface area contributed by atoms with Crippen LogP contribution in [0.1, 0.15) is 10.4 Å². The van der Waals surface area contributed by atoms with Crippen molar-refractivity contribution in [2.75, 3.05) is 18.6 Å². The van der Waals surface area contributed by atoms with E-state index in [9.17, 15) is 9.59 Å². The van der Waals surface area contributed by atoms with Gasteiger partial charge in [-0.05, 0) is 30.3 Å². The molecule has 0 amide bonds. The lowest BCUT2D eigenvalue weighted by Crippen LogP contribution is -2.22. The summed E-state index contributed by atoms with van der Waals surface area (Å²) in [6, 6.07) is 14.1. The van der Waals surface area contributed by atoms with Gasteiger partial charge in [0.15, 0.2) is 0 Å². The summed E-state index contributed by atoms with van der Waals surface area (Å²) in [5.74, 6) is -0.478. The number of hydrogen-bond donors (Lipinski definition) is 0. The minimum absolute atomic E-state index is 0.106. The quantitative estimate of drug-likeness (QED) is 0.627. The van der Waals surface area contributed by atoms with Crippen LogP contribution in [0, 0.1) is 0 Å². The molecule has 0 bridgehead atoms. The number of halogens is 1. The molecule has 0 atom stereocenters. The van der Waals surface area contributed by atoms with Gasteiger partial charge in [-0.2, -0.15) is 0 Å². The van der Waals surface area contributed by atoms with Crippen molar-refractivity contribution in [2.24, 2.45) is 0 Å². The summed E-state index contributed by atoms with van der Waals surface area (Å²) >= 11 is 6.03. The normalized spacial score (nSPS) is 10.0. The number of esters is 1. The van der Waals surface area contributed by atoms with Crippen LogP contribution in [0.5, 0.6) is 0 Å². The number of aldehydes is 1. The smallest absolute Gasteiger partial charge is 0.339 e. The van der Waals surface area contributed by atoms with Gasteiger partial charge in [0.2, 0.25) is 0 Å². The third-order valence-corrected chi connectivity index (χ3v) is 3.22. The number of ether oxygens (including phenoxy) is 1. The molecule has 2 rings (SSSR count). The minimum atomic E-state index is -0.478. The highest BCUT2D eigenvalue weighted by Gasteiger charge is 2.18. The van der Waals surface area contributed by atoms with Crippen LogP contribution in [0.2, 0.25) is 5.02 Å². The van der Waals surface area contributed by atoms with Crippen LogP contribution in [0.15, 0.2) is 48.5 Å². The second kappa shape index (κ2) is 6.90. The first-order chi connectivity index (χ1) is 10.2. The molecule has 2 aromatic carbocycles. The Morgan fingerprint density at radius 3 is 2.57 bits per heavy atom. The van der Waals surface area contributed by atoms with Gasteiger partial charge in [0.25, 0.3) is 0 Å². The maximum Gasteiger partial charge on any atom is 0.339 e. The van der Waals surface area contributed by atoms with Crippen LogP contribution < -0.4 is 4.90 Å². The first kappa shape index (κ1) is 15.1. The van der Waals surface area contributed by atoms with E-state index in [2.05, 4.69) is 0 Å². The van der Waals surface area contributed by atoms with Crippen LogP contribution >= 0.6 is 11.6 Å². The Bertz CT molecular complexity index is 643. The number of benzene rings is 2. The molecule has 108 valence electrons. The Balaban J connectivity index is 2.56. The fourth-order valence-corrected chi connectivity index (χ4v) is 2.20. The highest BCUT2D eigenvalue weighted by atomic mass is 35.5. The molecule has 0 saturated heterocycles. The molecule has 0 heterocycles. The number of hydrogen-bond acceptors (Lipinski definition) is 4. The third-order valence-electron chi connectivity index (χ3n) is 2.98. The lowest BCUT2D eigenvalue weighted by molar-refractivity contribution is -0.106. The van der Waals surface area contributed by atoms with Crippen LogP contribution in [0.3, 0.4) is 0 Å². The predicted molar refractivity (Wildman–Crippen MR) is 82.3 cm³/mol. The van der Waals surface area contributed by atoms with E-state index in [1.54, 1.807) is 23.1 Å². The highest BCUT2D eigenvalue weighted by Crippen LogP contribution is 2.31. The average molecular weight is 304 g/mol. The van der Waals surface area contributed by atoms with Crippen molar-refractivity contribution in [3.63, 3.8) is 0 Å². The van der Waals surface area contributed by atoms with Gasteiger partial charge in [-0.1, -0.05) is 29.8 Å². The van der Waals surface area contributed by atoms with Gasteiger partial charge in [-0.25, -0.2) is 4.79 Å². The number of carbonyl (C=O) groups excluding carboxylic acids is 2. The summed E-state index contributed by atoms with van der Waals surface area (Å²) in [5.41, 5.74) is 1.68. The highest BCUT2D eigenvalue weighted by molar-refractivity contribution is 6.31. The first-order valence-electron chi connectivity index (χ1n) is 6.31. The van der Waals surface area contributed by atoms with E-state index in [1.165, 1.54) is 7.11 Å². The largest absolute Gasteiger partial charge is 0.465 e. The summed E-state index contributed by atoms with van der Waals surface area (Å²) in [5, 5.41) is 0.476. The zero-order chi connectivity index (χ0) is 15.2. The van der Waals surface area contributed by atoms with E-state index >= 15 is 0 Å². The average Bonchev–Trinajstić information content (AvgIpc) is 2.52. The summed E-state index contributed by atoms with van der Waals surface area (Å²) in [4.78, 5) is 24.6. The number of carbonyl (C=O) groups is 2. The molecule has 2 aromatic rings. The molecule has 0 spiro atoms. The third kappa shape index (κ3) is 3.41. The Labute approximate surface area is 127 Å². The van der Waals surface area contributed by atoms with Crippen molar-refractivity contribution in [2.45, 2.75) is 0 Å². The molecule has 5 heteroatoms. The minimum Gasteiger partial charge on any atom is -0.465 e. The van der Waals surface area contributed by atoms with Gasteiger partial charge < -0.3 is 14.4 Å². The Morgan fingerprint density at radius 2 is 1.95 bits per heavy atom. The fraction of sp³-hybridized carbons (Fsp3) is 0.125. The Kier molecular flexibility index (Phi) is 4.95. The van der Waals surface area contributed by atoms with Gasteiger partial charge in [0.1, 0.15) is 6.29 Å². The fourth-order valence-electron chi connectivity index (χ4n) is 2.04. The van der Waals surface area contributed by atoms with E-state index < -0.39 is 5.97 Å². The van der Waals surface area contributed by atoms with Crippen molar-refractivity contribution < 1.29 is 14.3 Å². The summed E-state index contributed by atoms with van der Waals surface area (Å²) in [6.07, 6.45) is 0.773. The lowest BCUT2D eigenvalue weighted by Gasteiger charge is -2.24. The van der Waals surface area contributed by atoms with Gasteiger partial charge in [0.05, 0.1) is 24.9 Å². The molecule has 0 saturated carbocycles. The molecule has 0 fully saturated rings. The Hall–Kier alpha value is -2.33. The van der Waals surface area contributed by atoms with E-state index in [-0.39, 0.29) is 6.54 Å². The maximum atomic E-state index is 11.9. The van der Waals surface area contributed by atoms with Crippen molar-refractivity contribution >= 4 is 35.2 Å². The number of para-hydroxylation sites is 1. The summed E-state index contributed by atoms with van der Waals surface area (Å²) < 4.78 is 4.78. The van der Waals surface area contributed by atoms with Crippen LogP contribution in [0.4, 0.5) is 11.4 Å². The molecule has 21 heavy (non-hydrogen) atoms. The van der Waals surface area contributed by atoms with Gasteiger partial charge in [0, 0.05) is 10.7 Å². The van der Waals surface area contributed by atoms with E-state index in [1.807, 2.05) is 30.3 Å². The van der Waals surface area contributed by atoms with Crippen molar-refractivity contribution in [1.29, 1.82) is 0 Å². The molecule has 0 aliphatic rings. The zero-order valence-electron chi connectivity index (χ0n) is 11.5. The van der Waals surface area contributed by atoms with Gasteiger partial charge in [-0.3, -0.25) is 0 Å². The number of anilines is 2. The number of nitrogens with zero attached hydrogens (tertiary/aromatic N) is 1. The first-order valence-corrected chi connectivity index (χ1v) is 6.69. The molecule has 0 unspecified atom stereocenters. The standard InChI is InChI=1S/C16H14ClNO3/c1-21-16(20)14-8-7-12(17)11-15(14)18(9-10-19)13-5-3-2-4-6-13/h2-8,10-11H,9H2,1H3. The summed E-state index contributed by atoms with van der Waals surface area (Å²) in [6.45, 7) is 0.106. The van der Waals surface area contributed by atoms with Crippen molar-refractivity contribution in [3.8, 4) is 0 Å². The Morgan fingerprint density at radius 1 is 1.24 bits per heavy atom. The molecule has 0 N–H and O–H groups in total. The lowest BCUT2D eigenvalue weighted by atomic mass is 10.1. The molecular weight excluding hydrogens is 290 g/mol. The SMILES string of the molecule is COC(=O)c1ccc(Cl)cc1N(CC=O)c1ccccc1. The zero-order valence-corrected chi connectivity index (χ0v) is 12.2. The van der Waals surface area contributed by atoms with E-state index in [0.717, 1.165) is 12.0 Å². The number of methoxy groups -OCH3 is 1. The van der Waals surface area contributed by atoms with Crippen LogP contribution in [0.25, 0.3) is 0 Å². The second-order valence-corrected chi connectivity index (χ2v) is 4.70. The van der Waals surface area contributed by atoms with E-state index in [0.29, 0.717) is 16.3 Å². The topological polar surface area (TPSA) is 46.6 Å². The maximum absolute atomic E-state index is 11.9. The second-order valence-electron chi connectivity index (χ2n) is 4.27. The van der Waals surface area contributed by atoms with E-state index in [4.69, 9.17) is 16.3 Å². The number of rotatable bonds is 5. The summed E-state index contributed by atoms with van der Waals surface area (Å²) in [7, 11) is 1.31. The van der Waals surface area contributed by atoms with Gasteiger partial charge in [-0.15, -0.1) is 0 Å². The van der Waals surface area contributed by atoms with Gasteiger partial charge >= 0.3 is 5.97 Å². The molecule has 4 nitrogen and oxygen atoms in total. The molecule has 0 radical (unpaired) electrons. The van der Waals surface area contributed by atoms with Crippen molar-refractivity contribution in [3.05, 3.63) is 59.1 Å². The van der Waals surface area contributed by atoms with Crippen molar-refractivity contribution in [1.82, 2.24) is 0 Å². The monoisotopic (exact) mass is 303 g/mol. The van der Waals surface area contributed by atoms with Crippen LogP contribution in [-0.4, -0.2) is 25.9 Å². The predicted octanol–water partition coefficient (Wildman–Crippen LogP) is 3.46. The molecular formula is C16H14ClNO3. The molecule has 0 aliphatic heterocycles. The van der Waals surface area contributed by atoms with Crippen LogP contribution in [-0.2, 0) is 9.53 Å². The molecule has 0 aliphatic carbocycles. The molecule has 0 aromatic heterocycles.